The minimum Gasteiger partial charge on any atom is -0.320 e. The van der Waals surface area contributed by atoms with E-state index < -0.39 is 6.04 Å². The Kier molecular flexibility index (Phi) is 4.02. The molecule has 2 rings (SSSR count). The highest BCUT2D eigenvalue weighted by molar-refractivity contribution is 9.10. The minimum absolute atomic E-state index is 0.360. The third-order valence-electron chi connectivity index (χ3n) is 3.08. The molecule has 0 spiro atoms. The molecular weight excluding hydrogens is 312 g/mol. The van der Waals surface area contributed by atoms with Gasteiger partial charge in [-0.25, -0.2) is 8.78 Å². The zero-order chi connectivity index (χ0) is 14.2. The molecule has 0 aliphatic rings. The van der Waals surface area contributed by atoms with E-state index in [0.717, 1.165) is 11.1 Å². The van der Waals surface area contributed by atoms with Gasteiger partial charge in [0.15, 0.2) is 0 Å². The highest BCUT2D eigenvalue weighted by Gasteiger charge is 2.19. The fourth-order valence-electron chi connectivity index (χ4n) is 2.23. The first-order valence-corrected chi connectivity index (χ1v) is 6.66. The van der Waals surface area contributed by atoms with Crippen LogP contribution in [0.15, 0.2) is 34.8 Å². The van der Waals surface area contributed by atoms with Crippen LogP contribution in [-0.4, -0.2) is 0 Å². The molecule has 0 aromatic heterocycles. The Bertz CT molecular complexity index is 603. The van der Waals surface area contributed by atoms with Crippen LogP contribution in [0.1, 0.15) is 28.3 Å². The van der Waals surface area contributed by atoms with Crippen molar-refractivity contribution in [2.45, 2.75) is 19.9 Å². The molecular formula is C15H14BrF2N. The minimum atomic E-state index is -0.703. The fourth-order valence-corrected chi connectivity index (χ4v) is 2.72. The van der Waals surface area contributed by atoms with Crippen molar-refractivity contribution in [3.05, 3.63) is 68.7 Å². The summed E-state index contributed by atoms with van der Waals surface area (Å²) in [5.74, 6) is -0.750. The maximum atomic E-state index is 14.1. The van der Waals surface area contributed by atoms with Crippen LogP contribution in [-0.2, 0) is 0 Å². The Morgan fingerprint density at radius 3 is 2.42 bits per heavy atom. The van der Waals surface area contributed by atoms with Crippen molar-refractivity contribution in [3.63, 3.8) is 0 Å². The van der Waals surface area contributed by atoms with Gasteiger partial charge in [-0.15, -0.1) is 0 Å². The lowest BCUT2D eigenvalue weighted by Crippen LogP contribution is -2.16. The van der Waals surface area contributed by atoms with E-state index in [0.29, 0.717) is 15.6 Å². The molecule has 19 heavy (non-hydrogen) atoms. The van der Waals surface area contributed by atoms with Gasteiger partial charge in [-0.2, -0.15) is 0 Å². The predicted molar refractivity (Wildman–Crippen MR) is 76.0 cm³/mol. The van der Waals surface area contributed by atoms with E-state index in [1.807, 2.05) is 13.0 Å². The summed E-state index contributed by atoms with van der Waals surface area (Å²) >= 11 is 3.32. The second-order valence-corrected chi connectivity index (χ2v) is 5.48. The quantitative estimate of drug-likeness (QED) is 0.870. The van der Waals surface area contributed by atoms with Gasteiger partial charge in [-0.1, -0.05) is 22.0 Å². The van der Waals surface area contributed by atoms with Gasteiger partial charge in [0.05, 0.1) is 6.04 Å². The first-order chi connectivity index (χ1) is 8.90. The number of hydrogen-bond donors (Lipinski definition) is 1. The van der Waals surface area contributed by atoms with E-state index in [9.17, 15) is 8.78 Å². The molecule has 0 aliphatic heterocycles. The molecule has 2 N–H and O–H groups in total. The predicted octanol–water partition coefficient (Wildman–Crippen LogP) is 4.39. The molecule has 4 heteroatoms. The van der Waals surface area contributed by atoms with E-state index in [2.05, 4.69) is 15.9 Å². The maximum Gasteiger partial charge on any atom is 0.128 e. The van der Waals surface area contributed by atoms with Gasteiger partial charge in [0.2, 0.25) is 0 Å². The van der Waals surface area contributed by atoms with Crippen molar-refractivity contribution in [2.75, 3.05) is 0 Å². The van der Waals surface area contributed by atoms with E-state index >= 15 is 0 Å². The van der Waals surface area contributed by atoms with Crippen LogP contribution in [0, 0.1) is 25.5 Å². The first kappa shape index (κ1) is 14.2. The highest BCUT2D eigenvalue weighted by atomic mass is 79.9. The SMILES string of the molecule is Cc1cc(C)c(C(N)c2cc(F)ccc2Br)c(F)c1. The molecule has 0 radical (unpaired) electrons. The Morgan fingerprint density at radius 2 is 1.79 bits per heavy atom. The van der Waals surface area contributed by atoms with Crippen LogP contribution in [0.5, 0.6) is 0 Å². The summed E-state index contributed by atoms with van der Waals surface area (Å²) in [4.78, 5) is 0. The maximum absolute atomic E-state index is 14.1. The van der Waals surface area contributed by atoms with E-state index in [1.54, 1.807) is 13.0 Å². The Labute approximate surface area is 119 Å². The van der Waals surface area contributed by atoms with Gasteiger partial charge < -0.3 is 5.73 Å². The molecule has 0 amide bonds. The molecule has 0 bridgehead atoms. The molecule has 2 aromatic carbocycles. The van der Waals surface area contributed by atoms with Crippen molar-refractivity contribution < 1.29 is 8.78 Å². The third kappa shape index (κ3) is 2.85. The number of nitrogens with two attached hydrogens (primary N) is 1. The smallest absolute Gasteiger partial charge is 0.128 e. The summed E-state index contributed by atoms with van der Waals surface area (Å²) in [6, 6.07) is 6.84. The summed E-state index contributed by atoms with van der Waals surface area (Å²) in [5, 5.41) is 0. The van der Waals surface area contributed by atoms with Crippen molar-refractivity contribution in [2.24, 2.45) is 5.73 Å². The van der Waals surface area contributed by atoms with Crippen LogP contribution in [0.4, 0.5) is 8.78 Å². The largest absolute Gasteiger partial charge is 0.320 e. The molecule has 0 saturated carbocycles. The lowest BCUT2D eigenvalue weighted by atomic mass is 9.94. The lowest BCUT2D eigenvalue weighted by Gasteiger charge is -2.18. The summed E-state index contributed by atoms with van der Waals surface area (Å²) in [5.41, 5.74) is 8.64. The van der Waals surface area contributed by atoms with Crippen molar-refractivity contribution in [1.29, 1.82) is 0 Å². The van der Waals surface area contributed by atoms with Crippen LogP contribution in [0.25, 0.3) is 0 Å². The topological polar surface area (TPSA) is 26.0 Å². The van der Waals surface area contributed by atoms with Gasteiger partial charge in [-0.3, -0.25) is 0 Å². The van der Waals surface area contributed by atoms with Gasteiger partial charge in [-0.05, 0) is 54.8 Å². The molecule has 0 heterocycles. The zero-order valence-corrected chi connectivity index (χ0v) is 12.3. The molecule has 0 saturated heterocycles. The summed E-state index contributed by atoms with van der Waals surface area (Å²) < 4.78 is 28.1. The average molecular weight is 326 g/mol. The molecule has 2 aromatic rings. The Balaban J connectivity index is 2.56. The van der Waals surface area contributed by atoms with Gasteiger partial charge in [0.25, 0.3) is 0 Å². The van der Waals surface area contributed by atoms with Crippen LogP contribution < -0.4 is 5.73 Å². The van der Waals surface area contributed by atoms with E-state index in [4.69, 9.17) is 5.73 Å². The zero-order valence-electron chi connectivity index (χ0n) is 10.7. The van der Waals surface area contributed by atoms with Crippen LogP contribution in [0.3, 0.4) is 0 Å². The molecule has 0 fully saturated rings. The van der Waals surface area contributed by atoms with Crippen molar-refractivity contribution in [1.82, 2.24) is 0 Å². The first-order valence-electron chi connectivity index (χ1n) is 5.87. The molecule has 100 valence electrons. The number of rotatable bonds is 2. The Morgan fingerprint density at radius 1 is 1.11 bits per heavy atom. The number of hydrogen-bond acceptors (Lipinski definition) is 1. The van der Waals surface area contributed by atoms with Crippen molar-refractivity contribution >= 4 is 15.9 Å². The standard InChI is InChI=1S/C15H14BrF2N/c1-8-5-9(2)14(13(18)6-8)15(19)11-7-10(17)3-4-12(11)16/h3-7,15H,19H2,1-2H3. The number of aryl methyl sites for hydroxylation is 2. The second-order valence-electron chi connectivity index (χ2n) is 4.62. The van der Waals surface area contributed by atoms with Gasteiger partial charge in [0.1, 0.15) is 11.6 Å². The third-order valence-corrected chi connectivity index (χ3v) is 3.81. The van der Waals surface area contributed by atoms with Crippen LogP contribution in [0.2, 0.25) is 0 Å². The highest BCUT2D eigenvalue weighted by Crippen LogP contribution is 2.31. The van der Waals surface area contributed by atoms with Gasteiger partial charge >= 0.3 is 0 Å². The average Bonchev–Trinajstić information content (AvgIpc) is 2.30. The summed E-state index contributed by atoms with van der Waals surface area (Å²) in [6.45, 7) is 3.63. The lowest BCUT2D eigenvalue weighted by molar-refractivity contribution is 0.592. The summed E-state index contributed by atoms with van der Waals surface area (Å²) in [7, 11) is 0. The van der Waals surface area contributed by atoms with E-state index in [1.165, 1.54) is 18.2 Å². The summed E-state index contributed by atoms with van der Waals surface area (Å²) in [6.07, 6.45) is 0. The number of halogens is 3. The Hall–Kier alpha value is -1.26. The monoisotopic (exact) mass is 325 g/mol. The molecule has 1 unspecified atom stereocenters. The number of benzene rings is 2. The molecule has 0 aliphatic carbocycles. The van der Waals surface area contributed by atoms with Gasteiger partial charge in [0, 0.05) is 10.0 Å². The molecule has 1 nitrogen and oxygen atoms in total. The fraction of sp³-hybridized carbons (Fsp3) is 0.200. The van der Waals surface area contributed by atoms with E-state index in [-0.39, 0.29) is 11.6 Å². The second kappa shape index (κ2) is 5.39. The normalized spacial score (nSPS) is 12.5. The van der Waals surface area contributed by atoms with Crippen molar-refractivity contribution in [3.8, 4) is 0 Å². The molecule has 1 atom stereocenters. The van der Waals surface area contributed by atoms with Crippen LogP contribution >= 0.6 is 15.9 Å².